The molecule has 2 aromatic carbocycles. The largest absolute Gasteiger partial charge is 0.478 e. The summed E-state index contributed by atoms with van der Waals surface area (Å²) >= 11 is 0. The molecule has 0 bridgehead atoms. The number of rotatable bonds is 3. The van der Waals surface area contributed by atoms with Crippen molar-refractivity contribution in [2.24, 2.45) is 0 Å². The van der Waals surface area contributed by atoms with Gasteiger partial charge in [0.25, 0.3) is 5.91 Å². The molecule has 0 unspecified atom stereocenters. The molecule has 4 heteroatoms. The number of carbonyl (C=O) groups is 2. The number of benzene rings is 2. The number of hydrogen-bond acceptors (Lipinski definition) is 2. The lowest BCUT2D eigenvalue weighted by molar-refractivity contribution is -0.112. The fourth-order valence-corrected chi connectivity index (χ4v) is 1.75. The highest BCUT2D eigenvalue weighted by atomic mass is 16.4. The Hall–Kier alpha value is -2.62. The molecule has 19 heavy (non-hydrogen) atoms. The maximum absolute atomic E-state index is 11.6. The van der Waals surface area contributed by atoms with Crippen LogP contribution in [0, 0.1) is 0 Å². The van der Waals surface area contributed by atoms with Gasteiger partial charge in [0, 0.05) is 5.57 Å². The number of carboxylic acid groups (broad SMARTS) is 1. The molecule has 0 aromatic heterocycles. The maximum atomic E-state index is 11.6. The zero-order chi connectivity index (χ0) is 14.0. The molecule has 0 aliphatic heterocycles. The van der Waals surface area contributed by atoms with Crippen LogP contribution in [0.5, 0.6) is 0 Å². The van der Waals surface area contributed by atoms with E-state index in [4.69, 9.17) is 0 Å². The van der Waals surface area contributed by atoms with E-state index in [0.29, 0.717) is 5.57 Å². The number of hydrogen-bond donors (Lipinski definition) is 2. The van der Waals surface area contributed by atoms with E-state index in [1.807, 2.05) is 24.3 Å². The van der Waals surface area contributed by atoms with Crippen LogP contribution in [0.3, 0.4) is 0 Å². The third-order valence-electron chi connectivity index (χ3n) is 2.75. The second-order valence-corrected chi connectivity index (χ2v) is 4.28. The van der Waals surface area contributed by atoms with Gasteiger partial charge in [-0.3, -0.25) is 4.79 Å². The van der Waals surface area contributed by atoms with Crippen LogP contribution >= 0.6 is 0 Å². The van der Waals surface area contributed by atoms with E-state index in [-0.39, 0.29) is 11.3 Å². The molecule has 0 heterocycles. The van der Waals surface area contributed by atoms with E-state index >= 15 is 0 Å². The molecule has 0 saturated heterocycles. The molecule has 0 aliphatic carbocycles. The lowest BCUT2D eigenvalue weighted by Gasteiger charge is -2.10. The summed E-state index contributed by atoms with van der Waals surface area (Å²) in [6, 6.07) is 10.6. The summed E-state index contributed by atoms with van der Waals surface area (Å²) in [5.74, 6) is -1.47. The van der Waals surface area contributed by atoms with Gasteiger partial charge in [-0.15, -0.1) is 0 Å². The molecular formula is C15H13NO3. The van der Waals surface area contributed by atoms with Gasteiger partial charge in [-0.25, -0.2) is 4.79 Å². The van der Waals surface area contributed by atoms with E-state index in [9.17, 15) is 14.7 Å². The van der Waals surface area contributed by atoms with Gasteiger partial charge in [0.1, 0.15) is 0 Å². The zero-order valence-electron chi connectivity index (χ0n) is 10.4. The Morgan fingerprint density at radius 2 is 1.74 bits per heavy atom. The van der Waals surface area contributed by atoms with Gasteiger partial charge < -0.3 is 10.4 Å². The Bertz CT molecular complexity index is 689. The van der Waals surface area contributed by atoms with Crippen molar-refractivity contribution < 1.29 is 14.7 Å². The molecule has 2 aromatic rings. The minimum atomic E-state index is -1.08. The summed E-state index contributed by atoms with van der Waals surface area (Å²) in [5, 5.41) is 13.4. The number of amides is 1. The van der Waals surface area contributed by atoms with Crippen LogP contribution < -0.4 is 5.32 Å². The maximum Gasteiger partial charge on any atom is 0.337 e. The summed E-state index contributed by atoms with van der Waals surface area (Å²) in [6.45, 7) is 5.09. The van der Waals surface area contributed by atoms with Crippen molar-refractivity contribution in [1.29, 1.82) is 0 Å². The van der Waals surface area contributed by atoms with Crippen molar-refractivity contribution in [3.8, 4) is 0 Å². The van der Waals surface area contributed by atoms with Gasteiger partial charge in [-0.1, -0.05) is 30.8 Å². The molecule has 0 spiro atoms. The minimum Gasteiger partial charge on any atom is -0.478 e. The number of anilines is 1. The van der Waals surface area contributed by atoms with Crippen LogP contribution in [0.15, 0.2) is 48.6 Å². The SMILES string of the molecule is C=C(C)C(=O)Nc1cc2ccccc2cc1C(=O)O. The zero-order valence-corrected chi connectivity index (χ0v) is 10.4. The van der Waals surface area contributed by atoms with Gasteiger partial charge in [0.05, 0.1) is 11.3 Å². The number of aromatic carboxylic acids is 1. The fourth-order valence-electron chi connectivity index (χ4n) is 1.75. The number of nitrogens with one attached hydrogen (secondary N) is 1. The molecule has 0 radical (unpaired) electrons. The second-order valence-electron chi connectivity index (χ2n) is 4.28. The standard InChI is InChI=1S/C15H13NO3/c1-9(2)14(17)16-13-8-11-6-4-3-5-10(11)7-12(13)15(18)19/h3-8H,1H2,2H3,(H,16,17)(H,18,19). The monoisotopic (exact) mass is 255 g/mol. The number of fused-ring (bicyclic) bond motifs is 1. The third kappa shape index (κ3) is 2.63. The predicted octanol–water partition coefficient (Wildman–Crippen LogP) is 3.05. The van der Waals surface area contributed by atoms with Crippen molar-refractivity contribution in [3.63, 3.8) is 0 Å². The first-order chi connectivity index (χ1) is 8.99. The first-order valence-corrected chi connectivity index (χ1v) is 5.72. The molecule has 1 amide bonds. The van der Waals surface area contributed by atoms with E-state index in [1.165, 1.54) is 0 Å². The molecule has 0 atom stereocenters. The lowest BCUT2D eigenvalue weighted by atomic mass is 10.0. The van der Waals surface area contributed by atoms with Crippen molar-refractivity contribution in [2.75, 3.05) is 5.32 Å². The molecule has 96 valence electrons. The molecule has 2 rings (SSSR count). The lowest BCUT2D eigenvalue weighted by Crippen LogP contribution is -2.14. The summed E-state index contributed by atoms with van der Waals surface area (Å²) in [7, 11) is 0. The molecular weight excluding hydrogens is 242 g/mol. The second kappa shape index (κ2) is 4.94. The topological polar surface area (TPSA) is 66.4 Å². The molecule has 4 nitrogen and oxygen atoms in total. The summed E-state index contributed by atoms with van der Waals surface area (Å²) in [6.07, 6.45) is 0. The highest BCUT2D eigenvalue weighted by molar-refractivity contribution is 6.09. The minimum absolute atomic E-state index is 0.0632. The highest BCUT2D eigenvalue weighted by Crippen LogP contribution is 2.24. The van der Waals surface area contributed by atoms with Gasteiger partial charge >= 0.3 is 5.97 Å². The van der Waals surface area contributed by atoms with Gasteiger partial charge in [-0.2, -0.15) is 0 Å². The fraction of sp³-hybridized carbons (Fsp3) is 0.0667. The average Bonchev–Trinajstić information content (AvgIpc) is 2.37. The predicted molar refractivity (Wildman–Crippen MR) is 74.4 cm³/mol. The Labute approximate surface area is 110 Å². The highest BCUT2D eigenvalue weighted by Gasteiger charge is 2.14. The quantitative estimate of drug-likeness (QED) is 0.828. The normalized spacial score (nSPS) is 10.2. The Balaban J connectivity index is 2.56. The van der Waals surface area contributed by atoms with E-state index in [2.05, 4.69) is 11.9 Å². The smallest absolute Gasteiger partial charge is 0.337 e. The van der Waals surface area contributed by atoms with E-state index in [0.717, 1.165) is 10.8 Å². The van der Waals surface area contributed by atoms with Crippen LogP contribution in [0.4, 0.5) is 5.69 Å². The Kier molecular flexibility index (Phi) is 3.33. The van der Waals surface area contributed by atoms with Crippen LogP contribution in [0.25, 0.3) is 10.8 Å². The molecule has 2 N–H and O–H groups in total. The number of carbonyl (C=O) groups excluding carboxylic acids is 1. The van der Waals surface area contributed by atoms with E-state index < -0.39 is 11.9 Å². The average molecular weight is 255 g/mol. The van der Waals surface area contributed by atoms with Gasteiger partial charge in [0.15, 0.2) is 0 Å². The van der Waals surface area contributed by atoms with Crippen LogP contribution in [0.2, 0.25) is 0 Å². The third-order valence-corrected chi connectivity index (χ3v) is 2.75. The summed E-state index contributed by atoms with van der Waals surface area (Å²) < 4.78 is 0. The molecule has 0 fully saturated rings. The van der Waals surface area contributed by atoms with Crippen LogP contribution in [-0.4, -0.2) is 17.0 Å². The summed E-state index contributed by atoms with van der Waals surface area (Å²) in [5.41, 5.74) is 0.664. The van der Waals surface area contributed by atoms with Crippen LogP contribution in [-0.2, 0) is 4.79 Å². The van der Waals surface area contributed by atoms with Gasteiger partial charge in [-0.05, 0) is 29.8 Å². The number of carboxylic acids is 1. The van der Waals surface area contributed by atoms with Crippen molar-refractivity contribution in [1.82, 2.24) is 0 Å². The van der Waals surface area contributed by atoms with Gasteiger partial charge in [0.2, 0.25) is 0 Å². The van der Waals surface area contributed by atoms with Crippen molar-refractivity contribution in [2.45, 2.75) is 6.92 Å². The molecule has 0 saturated carbocycles. The molecule has 0 aliphatic rings. The van der Waals surface area contributed by atoms with E-state index in [1.54, 1.807) is 19.1 Å². The Morgan fingerprint density at radius 1 is 1.16 bits per heavy atom. The Morgan fingerprint density at radius 3 is 2.26 bits per heavy atom. The van der Waals surface area contributed by atoms with Crippen LogP contribution in [0.1, 0.15) is 17.3 Å². The first kappa shape index (κ1) is 12.8. The summed E-state index contributed by atoms with van der Waals surface area (Å²) in [4.78, 5) is 22.9. The first-order valence-electron chi connectivity index (χ1n) is 5.72. The van der Waals surface area contributed by atoms with Crippen molar-refractivity contribution in [3.05, 3.63) is 54.1 Å². The van der Waals surface area contributed by atoms with Crippen molar-refractivity contribution >= 4 is 28.3 Å².